The molecule has 15 nitrogen and oxygen atoms in total. The molecule has 0 aliphatic carbocycles. The van der Waals surface area contributed by atoms with Gasteiger partial charge in [-0.15, -0.1) is 6.58 Å². The standard InChI is InChI=1S/C51H90O15/c1-3-5-7-9-11-13-15-17-19-21-23-25-27-29-31-33-42(53)61-36-39(64-43(54)34-32-30-28-26-24-22-20-18-16-14-12-10-8-6-4-2)37-62-50-49(60)47(58)45(56)41(66-50)38-63-51-48(59)46(57)44(55)40(35-52)65-51/h4,13,15,17,19,39-41,44-52,55-60H,2-3,5-12,14,16,18,20-38H2,1H3/b15-13+,19-17+/t39-,40-,41-,44+,45+,46?,47?,48?,49?,50-,51-/m1/s1. The first-order valence-corrected chi connectivity index (χ1v) is 25.5. The lowest BCUT2D eigenvalue weighted by Crippen LogP contribution is -2.61. The molecule has 384 valence electrons. The Labute approximate surface area is 395 Å². The maximum atomic E-state index is 13.0. The zero-order valence-corrected chi connectivity index (χ0v) is 40.3. The predicted octanol–water partition coefficient (Wildman–Crippen LogP) is 6.93. The summed E-state index contributed by atoms with van der Waals surface area (Å²) in [5.74, 6) is -0.943. The molecule has 2 saturated heterocycles. The Morgan fingerprint density at radius 2 is 0.970 bits per heavy atom. The normalized spacial score (nSPS) is 26.2. The Hall–Kier alpha value is -2.28. The number of ether oxygens (including phenoxy) is 6. The van der Waals surface area contributed by atoms with Crippen LogP contribution in [-0.2, 0) is 38.0 Å². The molecule has 0 bridgehead atoms. The number of carbonyl (C=O) groups is 2. The van der Waals surface area contributed by atoms with Crippen molar-refractivity contribution >= 4 is 11.9 Å². The van der Waals surface area contributed by atoms with Gasteiger partial charge in [-0.25, -0.2) is 0 Å². The van der Waals surface area contributed by atoms with Crippen molar-refractivity contribution in [2.45, 2.75) is 248 Å². The molecule has 15 heteroatoms. The van der Waals surface area contributed by atoms with Gasteiger partial charge >= 0.3 is 11.9 Å². The summed E-state index contributed by atoms with van der Waals surface area (Å²) < 4.78 is 33.5. The van der Waals surface area contributed by atoms with Crippen LogP contribution in [0.4, 0.5) is 0 Å². The molecule has 0 radical (unpaired) electrons. The average Bonchev–Trinajstić information content (AvgIpc) is 3.31. The molecule has 0 aromatic carbocycles. The molecule has 2 fully saturated rings. The molecule has 4 unspecified atom stereocenters. The summed E-state index contributed by atoms with van der Waals surface area (Å²) in [6.45, 7) is 4.09. The quantitative estimate of drug-likeness (QED) is 0.0143. The Morgan fingerprint density at radius 3 is 1.48 bits per heavy atom. The smallest absolute Gasteiger partial charge is 0.306 e. The van der Waals surface area contributed by atoms with E-state index in [-0.39, 0.29) is 26.1 Å². The van der Waals surface area contributed by atoms with Crippen molar-refractivity contribution in [1.29, 1.82) is 0 Å². The molecule has 2 aliphatic rings. The second kappa shape index (κ2) is 38.6. The second-order valence-electron chi connectivity index (χ2n) is 18.1. The van der Waals surface area contributed by atoms with E-state index in [9.17, 15) is 45.3 Å². The van der Waals surface area contributed by atoms with Crippen molar-refractivity contribution in [3.05, 3.63) is 37.0 Å². The van der Waals surface area contributed by atoms with Crippen LogP contribution < -0.4 is 0 Å². The van der Waals surface area contributed by atoms with Crippen molar-refractivity contribution in [2.75, 3.05) is 26.4 Å². The fraction of sp³-hybridized carbons (Fsp3) is 0.843. The minimum Gasteiger partial charge on any atom is -0.462 e. The van der Waals surface area contributed by atoms with Crippen LogP contribution in [0.2, 0.25) is 0 Å². The molecule has 11 atom stereocenters. The topological polar surface area (TPSA) is 231 Å². The van der Waals surface area contributed by atoms with Gasteiger partial charge in [-0.1, -0.05) is 146 Å². The Bertz CT molecular complexity index is 1280. The first kappa shape index (κ1) is 59.8. The molecule has 2 aliphatic heterocycles. The summed E-state index contributed by atoms with van der Waals surface area (Å²) in [4.78, 5) is 25.7. The highest BCUT2D eigenvalue weighted by Gasteiger charge is 2.47. The molecule has 0 aromatic rings. The largest absolute Gasteiger partial charge is 0.462 e. The zero-order valence-electron chi connectivity index (χ0n) is 40.3. The minimum absolute atomic E-state index is 0.160. The third kappa shape index (κ3) is 26.5. The highest BCUT2D eigenvalue weighted by atomic mass is 16.7. The van der Waals surface area contributed by atoms with E-state index in [2.05, 4.69) is 37.8 Å². The van der Waals surface area contributed by atoms with Crippen molar-refractivity contribution < 1.29 is 73.8 Å². The number of allylic oxidation sites excluding steroid dienone is 5. The number of unbranched alkanes of at least 4 members (excludes halogenated alkanes) is 22. The van der Waals surface area contributed by atoms with Crippen molar-refractivity contribution in [3.8, 4) is 0 Å². The highest BCUT2D eigenvalue weighted by Crippen LogP contribution is 2.26. The van der Waals surface area contributed by atoms with Gasteiger partial charge in [0.25, 0.3) is 0 Å². The molecule has 66 heavy (non-hydrogen) atoms. The summed E-state index contributed by atoms with van der Waals surface area (Å²) in [5.41, 5.74) is 0. The summed E-state index contributed by atoms with van der Waals surface area (Å²) >= 11 is 0. The van der Waals surface area contributed by atoms with E-state index >= 15 is 0 Å². The monoisotopic (exact) mass is 943 g/mol. The molecular formula is C51H90O15. The van der Waals surface area contributed by atoms with Gasteiger partial charge in [0.2, 0.25) is 0 Å². The molecule has 0 saturated carbocycles. The molecule has 7 N–H and O–H groups in total. The third-order valence-electron chi connectivity index (χ3n) is 12.3. The van der Waals surface area contributed by atoms with Crippen LogP contribution in [0.25, 0.3) is 0 Å². The van der Waals surface area contributed by atoms with Gasteiger partial charge in [-0.05, 0) is 51.4 Å². The van der Waals surface area contributed by atoms with Crippen molar-refractivity contribution in [2.24, 2.45) is 0 Å². The fourth-order valence-corrected chi connectivity index (χ4v) is 8.01. The number of carbonyl (C=O) groups excluding carboxylic acids is 2. The number of aliphatic hydroxyl groups excluding tert-OH is 7. The fourth-order valence-electron chi connectivity index (χ4n) is 8.01. The lowest BCUT2D eigenvalue weighted by molar-refractivity contribution is -0.332. The van der Waals surface area contributed by atoms with E-state index in [1.54, 1.807) is 0 Å². The number of aliphatic hydroxyl groups is 7. The van der Waals surface area contributed by atoms with Crippen molar-refractivity contribution in [3.63, 3.8) is 0 Å². The van der Waals surface area contributed by atoms with Crippen LogP contribution in [0, 0.1) is 0 Å². The second-order valence-corrected chi connectivity index (χ2v) is 18.1. The first-order chi connectivity index (χ1) is 32.0. The first-order valence-electron chi connectivity index (χ1n) is 25.5. The van der Waals surface area contributed by atoms with Crippen LogP contribution >= 0.6 is 0 Å². The van der Waals surface area contributed by atoms with Gasteiger partial charge in [-0.2, -0.15) is 0 Å². The van der Waals surface area contributed by atoms with Crippen LogP contribution in [-0.4, -0.2) is 142 Å². The van der Waals surface area contributed by atoms with E-state index < -0.39 is 92.7 Å². The number of rotatable bonds is 40. The van der Waals surface area contributed by atoms with E-state index in [0.29, 0.717) is 12.8 Å². The van der Waals surface area contributed by atoms with Gasteiger partial charge in [0.05, 0.1) is 19.8 Å². The Balaban J connectivity index is 1.82. The zero-order chi connectivity index (χ0) is 48.2. The lowest BCUT2D eigenvalue weighted by atomic mass is 9.98. The highest BCUT2D eigenvalue weighted by molar-refractivity contribution is 5.70. The lowest BCUT2D eigenvalue weighted by Gasteiger charge is -2.42. The van der Waals surface area contributed by atoms with Gasteiger partial charge in [0, 0.05) is 12.8 Å². The van der Waals surface area contributed by atoms with Crippen molar-refractivity contribution in [1.82, 2.24) is 0 Å². The van der Waals surface area contributed by atoms with Crippen LogP contribution in [0.15, 0.2) is 37.0 Å². The molecule has 2 heterocycles. The summed E-state index contributed by atoms with van der Waals surface area (Å²) in [7, 11) is 0. The minimum atomic E-state index is -1.77. The predicted molar refractivity (Wildman–Crippen MR) is 252 cm³/mol. The van der Waals surface area contributed by atoms with Gasteiger partial charge in [0.1, 0.15) is 55.4 Å². The SMILES string of the molecule is C=CCCCCCCCCCCCCCCCC(=O)O[C@H](COC(=O)CCCCCCC/C=C/C=C/CCCCCC)CO[C@@H]1O[C@H](CO[C@@H]2O[C@H](CO)[C@H](O)C(O)C2O)[C@H](O)C(O)C1O. The van der Waals surface area contributed by atoms with Gasteiger partial charge < -0.3 is 64.2 Å². The number of esters is 2. The Kier molecular flexibility index (Phi) is 35.0. The summed E-state index contributed by atoms with van der Waals surface area (Å²) in [6.07, 6.45) is 22.0. The molecular weight excluding hydrogens is 853 g/mol. The molecule has 0 amide bonds. The summed E-state index contributed by atoms with van der Waals surface area (Å²) in [5, 5.41) is 72.0. The maximum Gasteiger partial charge on any atom is 0.306 e. The third-order valence-corrected chi connectivity index (χ3v) is 12.3. The molecule has 2 rings (SSSR count). The Morgan fingerprint density at radius 1 is 0.530 bits per heavy atom. The number of hydrogen-bond donors (Lipinski definition) is 7. The van der Waals surface area contributed by atoms with E-state index in [0.717, 1.165) is 64.2 Å². The molecule has 0 spiro atoms. The van der Waals surface area contributed by atoms with Crippen LogP contribution in [0.3, 0.4) is 0 Å². The summed E-state index contributed by atoms with van der Waals surface area (Å²) in [6, 6.07) is 0. The van der Waals surface area contributed by atoms with Gasteiger partial charge in [-0.3, -0.25) is 9.59 Å². The maximum absolute atomic E-state index is 13.0. The average molecular weight is 943 g/mol. The van der Waals surface area contributed by atoms with E-state index in [1.165, 1.54) is 83.5 Å². The van der Waals surface area contributed by atoms with Crippen LogP contribution in [0.5, 0.6) is 0 Å². The van der Waals surface area contributed by atoms with E-state index in [4.69, 9.17) is 28.4 Å². The van der Waals surface area contributed by atoms with Crippen LogP contribution in [0.1, 0.15) is 180 Å². The molecule has 0 aromatic heterocycles. The number of hydrogen-bond acceptors (Lipinski definition) is 15. The van der Waals surface area contributed by atoms with E-state index in [1.807, 2.05) is 6.08 Å². The van der Waals surface area contributed by atoms with Gasteiger partial charge in [0.15, 0.2) is 18.7 Å².